The minimum absolute atomic E-state index is 0.291. The lowest BCUT2D eigenvalue weighted by Crippen LogP contribution is -2.36. The van der Waals surface area contributed by atoms with Gasteiger partial charge in [-0.1, -0.05) is 48.0 Å². The molecule has 1 atom stereocenters. The van der Waals surface area contributed by atoms with Crippen molar-refractivity contribution >= 4 is 0 Å². The van der Waals surface area contributed by atoms with Crippen molar-refractivity contribution in [3.63, 3.8) is 0 Å². The molecule has 0 saturated carbocycles. The number of ether oxygens (including phenoxy) is 2. The number of aliphatic hydroxyl groups is 1. The molecule has 26 heavy (non-hydrogen) atoms. The first-order valence-electron chi connectivity index (χ1n) is 9.22. The highest BCUT2D eigenvalue weighted by atomic mass is 16.5. The maximum Gasteiger partial charge on any atom is 0.122 e. The standard InChI is InChI=1S/C22H31NO3/c1-18-8-6-10-20(14-18)15-23(12-7-13-25-3)16-21(24)17-26-22-11-5-4-9-19(22)2/h4-6,8-11,14,21,24H,7,12-13,15-17H2,1-3H3/t21-/m0/s1. The van der Waals surface area contributed by atoms with Gasteiger partial charge in [0.25, 0.3) is 0 Å². The van der Waals surface area contributed by atoms with Gasteiger partial charge in [-0.05, 0) is 37.5 Å². The van der Waals surface area contributed by atoms with E-state index in [0.717, 1.165) is 37.4 Å². The fourth-order valence-electron chi connectivity index (χ4n) is 2.99. The molecule has 0 heterocycles. The molecule has 142 valence electrons. The van der Waals surface area contributed by atoms with Crippen molar-refractivity contribution in [1.29, 1.82) is 0 Å². The molecule has 0 spiro atoms. The second-order valence-electron chi connectivity index (χ2n) is 6.80. The van der Waals surface area contributed by atoms with E-state index in [1.807, 2.05) is 31.2 Å². The summed E-state index contributed by atoms with van der Waals surface area (Å²) < 4.78 is 11.0. The average Bonchev–Trinajstić information content (AvgIpc) is 2.61. The molecule has 2 aromatic carbocycles. The van der Waals surface area contributed by atoms with Crippen LogP contribution in [0.15, 0.2) is 48.5 Å². The second kappa shape index (κ2) is 11.0. The Morgan fingerprint density at radius 2 is 1.88 bits per heavy atom. The van der Waals surface area contributed by atoms with Crippen LogP contribution in [-0.2, 0) is 11.3 Å². The van der Waals surface area contributed by atoms with Gasteiger partial charge in [-0.2, -0.15) is 0 Å². The topological polar surface area (TPSA) is 41.9 Å². The summed E-state index contributed by atoms with van der Waals surface area (Å²) >= 11 is 0. The molecule has 2 aromatic rings. The van der Waals surface area contributed by atoms with Gasteiger partial charge in [-0.25, -0.2) is 0 Å². The van der Waals surface area contributed by atoms with Crippen LogP contribution in [-0.4, -0.2) is 49.5 Å². The number of methoxy groups -OCH3 is 1. The summed E-state index contributed by atoms with van der Waals surface area (Å²) in [5.74, 6) is 0.830. The molecule has 0 amide bonds. The molecule has 0 aliphatic carbocycles. The zero-order valence-electron chi connectivity index (χ0n) is 16.1. The molecule has 0 unspecified atom stereocenters. The normalized spacial score (nSPS) is 12.3. The monoisotopic (exact) mass is 357 g/mol. The van der Waals surface area contributed by atoms with Gasteiger partial charge in [-0.15, -0.1) is 0 Å². The van der Waals surface area contributed by atoms with E-state index in [0.29, 0.717) is 13.2 Å². The van der Waals surface area contributed by atoms with Gasteiger partial charge >= 0.3 is 0 Å². The van der Waals surface area contributed by atoms with Crippen molar-refractivity contribution < 1.29 is 14.6 Å². The number of rotatable bonds is 11. The van der Waals surface area contributed by atoms with Crippen molar-refractivity contribution in [2.45, 2.75) is 32.9 Å². The van der Waals surface area contributed by atoms with Crippen LogP contribution in [0.1, 0.15) is 23.1 Å². The Kier molecular flexibility index (Phi) is 8.62. The predicted octanol–water partition coefficient (Wildman–Crippen LogP) is 3.58. The Labute approximate surface area is 157 Å². The van der Waals surface area contributed by atoms with Gasteiger partial charge in [0.15, 0.2) is 0 Å². The Morgan fingerprint density at radius 3 is 2.62 bits per heavy atom. The van der Waals surface area contributed by atoms with Gasteiger partial charge in [-0.3, -0.25) is 4.90 Å². The van der Waals surface area contributed by atoms with Gasteiger partial charge in [0.2, 0.25) is 0 Å². The van der Waals surface area contributed by atoms with Crippen LogP contribution in [0, 0.1) is 13.8 Å². The number of nitrogens with zero attached hydrogens (tertiary/aromatic N) is 1. The highest BCUT2D eigenvalue weighted by Gasteiger charge is 2.14. The summed E-state index contributed by atoms with van der Waals surface area (Å²) in [5, 5.41) is 10.5. The van der Waals surface area contributed by atoms with Crippen LogP contribution in [0.25, 0.3) is 0 Å². The van der Waals surface area contributed by atoms with Crippen molar-refractivity contribution in [2.24, 2.45) is 0 Å². The van der Waals surface area contributed by atoms with Crippen LogP contribution in [0.2, 0.25) is 0 Å². The molecule has 0 fully saturated rings. The number of aliphatic hydroxyl groups excluding tert-OH is 1. The second-order valence-corrected chi connectivity index (χ2v) is 6.80. The molecule has 2 rings (SSSR count). The lowest BCUT2D eigenvalue weighted by molar-refractivity contribution is 0.0615. The third-order valence-electron chi connectivity index (χ3n) is 4.31. The van der Waals surface area contributed by atoms with Crippen LogP contribution in [0.5, 0.6) is 5.75 Å². The number of benzene rings is 2. The van der Waals surface area contributed by atoms with E-state index in [1.165, 1.54) is 11.1 Å². The van der Waals surface area contributed by atoms with E-state index in [2.05, 4.69) is 36.1 Å². The smallest absolute Gasteiger partial charge is 0.122 e. The SMILES string of the molecule is COCCCN(Cc1cccc(C)c1)C[C@H](O)COc1ccccc1C. The quantitative estimate of drug-likeness (QED) is 0.624. The summed E-state index contributed by atoms with van der Waals surface area (Å²) in [6, 6.07) is 16.4. The van der Waals surface area contributed by atoms with Crippen LogP contribution < -0.4 is 4.74 Å². The number of hydrogen-bond donors (Lipinski definition) is 1. The van der Waals surface area contributed by atoms with E-state index >= 15 is 0 Å². The third kappa shape index (κ3) is 7.16. The first-order valence-corrected chi connectivity index (χ1v) is 9.22. The molecule has 0 aliphatic heterocycles. The van der Waals surface area contributed by atoms with Crippen molar-refractivity contribution in [3.05, 3.63) is 65.2 Å². The lowest BCUT2D eigenvalue weighted by Gasteiger charge is -2.25. The molecular formula is C22H31NO3. The molecular weight excluding hydrogens is 326 g/mol. The summed E-state index contributed by atoms with van der Waals surface area (Å²) in [7, 11) is 1.72. The molecule has 0 saturated heterocycles. The van der Waals surface area contributed by atoms with E-state index in [1.54, 1.807) is 7.11 Å². The Hall–Kier alpha value is -1.88. The highest BCUT2D eigenvalue weighted by molar-refractivity contribution is 5.31. The Balaban J connectivity index is 1.90. The molecule has 4 heteroatoms. The first-order chi connectivity index (χ1) is 12.6. The van der Waals surface area contributed by atoms with Crippen LogP contribution >= 0.6 is 0 Å². The van der Waals surface area contributed by atoms with Gasteiger partial charge in [0, 0.05) is 33.4 Å². The third-order valence-corrected chi connectivity index (χ3v) is 4.31. The molecule has 0 aromatic heterocycles. The zero-order valence-corrected chi connectivity index (χ0v) is 16.1. The summed E-state index contributed by atoms with van der Waals surface area (Å²) in [5.41, 5.74) is 3.59. The van der Waals surface area contributed by atoms with Crippen LogP contribution in [0.4, 0.5) is 0 Å². The number of para-hydroxylation sites is 1. The van der Waals surface area contributed by atoms with E-state index < -0.39 is 6.10 Å². The van der Waals surface area contributed by atoms with Crippen molar-refractivity contribution in [2.75, 3.05) is 33.4 Å². The molecule has 0 radical (unpaired) electrons. The summed E-state index contributed by atoms with van der Waals surface area (Å²) in [4.78, 5) is 2.26. The van der Waals surface area contributed by atoms with Gasteiger partial charge < -0.3 is 14.6 Å². The number of aryl methyl sites for hydroxylation is 2. The predicted molar refractivity (Wildman–Crippen MR) is 106 cm³/mol. The van der Waals surface area contributed by atoms with Crippen molar-refractivity contribution in [3.8, 4) is 5.75 Å². The molecule has 1 N–H and O–H groups in total. The van der Waals surface area contributed by atoms with E-state index in [-0.39, 0.29) is 0 Å². The van der Waals surface area contributed by atoms with Gasteiger partial charge in [0.05, 0.1) is 0 Å². The largest absolute Gasteiger partial charge is 0.491 e. The summed E-state index contributed by atoms with van der Waals surface area (Å²) in [6.45, 7) is 7.39. The fourth-order valence-corrected chi connectivity index (χ4v) is 2.99. The average molecular weight is 357 g/mol. The summed E-state index contributed by atoms with van der Waals surface area (Å²) in [6.07, 6.45) is 0.398. The Bertz CT molecular complexity index is 659. The molecule has 0 aliphatic rings. The first kappa shape index (κ1) is 20.4. The minimum Gasteiger partial charge on any atom is -0.491 e. The van der Waals surface area contributed by atoms with Crippen LogP contribution in [0.3, 0.4) is 0 Å². The lowest BCUT2D eigenvalue weighted by atomic mass is 10.1. The number of hydrogen-bond acceptors (Lipinski definition) is 4. The van der Waals surface area contributed by atoms with E-state index in [4.69, 9.17) is 9.47 Å². The Morgan fingerprint density at radius 1 is 1.08 bits per heavy atom. The van der Waals surface area contributed by atoms with Gasteiger partial charge in [0.1, 0.15) is 18.5 Å². The molecule has 0 bridgehead atoms. The maximum atomic E-state index is 10.5. The molecule has 4 nitrogen and oxygen atoms in total. The maximum absolute atomic E-state index is 10.5. The minimum atomic E-state index is -0.540. The van der Waals surface area contributed by atoms with E-state index in [9.17, 15) is 5.11 Å². The van der Waals surface area contributed by atoms with Crippen molar-refractivity contribution in [1.82, 2.24) is 4.90 Å². The zero-order chi connectivity index (χ0) is 18.8. The fraction of sp³-hybridized carbons (Fsp3) is 0.455. The highest BCUT2D eigenvalue weighted by Crippen LogP contribution is 2.16.